The van der Waals surface area contributed by atoms with Crippen molar-refractivity contribution in [2.45, 2.75) is 12.8 Å². The fourth-order valence-electron chi connectivity index (χ4n) is 2.80. The van der Waals surface area contributed by atoms with E-state index >= 15 is 0 Å². The minimum absolute atomic E-state index is 0.00620. The first-order valence-electron chi connectivity index (χ1n) is 7.62. The largest absolute Gasteiger partial charge is 0.337 e. The predicted octanol–water partition coefficient (Wildman–Crippen LogP) is 4.55. The zero-order valence-corrected chi connectivity index (χ0v) is 15.1. The Kier molecular flexibility index (Phi) is 5.43. The summed E-state index contributed by atoms with van der Waals surface area (Å²) in [6, 6.07) is 8.59. The van der Waals surface area contributed by atoms with E-state index in [4.69, 9.17) is 23.2 Å². The minimum Gasteiger partial charge on any atom is -0.337 e. The number of carbonyl (C=O) groups is 2. The topological polar surface area (TPSA) is 49.4 Å². The molecular weight excluding hydrogens is 367 g/mol. The maximum atomic E-state index is 12.5. The average Bonchev–Trinajstić information content (AvgIpc) is 3.07. The highest BCUT2D eigenvalue weighted by Crippen LogP contribution is 2.25. The quantitative estimate of drug-likeness (QED) is 0.846. The molecule has 1 atom stereocenters. The summed E-state index contributed by atoms with van der Waals surface area (Å²) in [5.41, 5.74) is 0.569. The van der Waals surface area contributed by atoms with Crippen molar-refractivity contribution in [3.05, 3.63) is 50.6 Å². The van der Waals surface area contributed by atoms with Crippen LogP contribution in [0.2, 0.25) is 10.0 Å². The van der Waals surface area contributed by atoms with Gasteiger partial charge in [-0.2, -0.15) is 0 Å². The molecule has 24 heavy (non-hydrogen) atoms. The van der Waals surface area contributed by atoms with E-state index in [1.807, 2.05) is 17.5 Å². The zero-order chi connectivity index (χ0) is 17.1. The lowest BCUT2D eigenvalue weighted by atomic mass is 9.97. The number of thiophene rings is 1. The van der Waals surface area contributed by atoms with Crippen LogP contribution in [0.3, 0.4) is 0 Å². The highest BCUT2D eigenvalue weighted by Gasteiger charge is 2.29. The van der Waals surface area contributed by atoms with Crippen LogP contribution in [0.25, 0.3) is 0 Å². The molecule has 0 bridgehead atoms. The molecule has 2 heterocycles. The van der Waals surface area contributed by atoms with Crippen molar-refractivity contribution in [2.24, 2.45) is 5.92 Å². The van der Waals surface area contributed by atoms with Crippen LogP contribution in [0.15, 0.2) is 35.7 Å². The highest BCUT2D eigenvalue weighted by molar-refractivity contribution is 7.12. The molecule has 1 aromatic carbocycles. The Morgan fingerprint density at radius 1 is 1.21 bits per heavy atom. The first kappa shape index (κ1) is 17.3. The average molecular weight is 383 g/mol. The molecule has 2 amide bonds. The Bertz CT molecular complexity index is 729. The van der Waals surface area contributed by atoms with Gasteiger partial charge < -0.3 is 10.2 Å². The third kappa shape index (κ3) is 4.09. The Hall–Kier alpha value is -1.56. The van der Waals surface area contributed by atoms with E-state index in [1.165, 1.54) is 11.3 Å². The smallest absolute Gasteiger partial charge is 0.263 e. The number of amides is 2. The monoisotopic (exact) mass is 382 g/mol. The van der Waals surface area contributed by atoms with Crippen molar-refractivity contribution in [3.8, 4) is 0 Å². The number of piperidine rings is 1. The van der Waals surface area contributed by atoms with Gasteiger partial charge in [0.2, 0.25) is 5.91 Å². The van der Waals surface area contributed by atoms with E-state index < -0.39 is 0 Å². The van der Waals surface area contributed by atoms with E-state index in [0.717, 1.165) is 12.8 Å². The first-order valence-corrected chi connectivity index (χ1v) is 9.26. The Morgan fingerprint density at radius 2 is 1.96 bits per heavy atom. The number of carbonyl (C=O) groups excluding carboxylic acids is 2. The lowest BCUT2D eigenvalue weighted by molar-refractivity contribution is -0.121. The normalized spacial score (nSPS) is 17.6. The summed E-state index contributed by atoms with van der Waals surface area (Å²) in [6.45, 7) is 1.11. The molecular formula is C17H16Cl2N2O2S. The van der Waals surface area contributed by atoms with Gasteiger partial charge in [0.1, 0.15) is 0 Å². The third-order valence-corrected chi connectivity index (χ3v) is 5.24. The van der Waals surface area contributed by atoms with Crippen molar-refractivity contribution in [1.82, 2.24) is 4.90 Å². The third-order valence-electron chi connectivity index (χ3n) is 3.94. The van der Waals surface area contributed by atoms with Crippen molar-refractivity contribution >= 4 is 52.0 Å². The number of halogens is 2. The lowest BCUT2D eigenvalue weighted by Crippen LogP contribution is -2.43. The Labute approximate surface area is 154 Å². The molecule has 7 heteroatoms. The van der Waals surface area contributed by atoms with Gasteiger partial charge in [0, 0.05) is 28.8 Å². The number of nitrogens with one attached hydrogen (secondary N) is 1. The molecule has 1 saturated heterocycles. The second-order valence-corrected chi connectivity index (χ2v) is 7.54. The van der Waals surface area contributed by atoms with Crippen LogP contribution in [0.5, 0.6) is 0 Å². The standard InChI is InChI=1S/C17H16Cl2N2O2S/c18-12-7-13(19)9-14(8-12)20-16(22)11-3-1-5-21(10-11)17(23)15-4-2-6-24-15/h2,4,6-9,11H,1,3,5,10H2,(H,20,22)/t11-/m0/s1. The van der Waals surface area contributed by atoms with Crippen molar-refractivity contribution in [2.75, 3.05) is 18.4 Å². The van der Waals surface area contributed by atoms with E-state index in [2.05, 4.69) is 5.32 Å². The molecule has 4 nitrogen and oxygen atoms in total. The van der Waals surface area contributed by atoms with Crippen molar-refractivity contribution in [3.63, 3.8) is 0 Å². The summed E-state index contributed by atoms with van der Waals surface area (Å²) < 4.78 is 0. The molecule has 1 fully saturated rings. The second-order valence-electron chi connectivity index (χ2n) is 5.71. The number of benzene rings is 1. The van der Waals surface area contributed by atoms with Gasteiger partial charge in [-0.1, -0.05) is 29.3 Å². The van der Waals surface area contributed by atoms with Gasteiger partial charge >= 0.3 is 0 Å². The van der Waals surface area contributed by atoms with E-state index in [-0.39, 0.29) is 17.7 Å². The van der Waals surface area contributed by atoms with E-state index in [9.17, 15) is 9.59 Å². The van der Waals surface area contributed by atoms with Gasteiger partial charge in [0.05, 0.1) is 10.8 Å². The van der Waals surface area contributed by atoms with Crippen LogP contribution in [-0.4, -0.2) is 29.8 Å². The highest BCUT2D eigenvalue weighted by atomic mass is 35.5. The number of nitrogens with zero attached hydrogens (tertiary/aromatic N) is 1. The van der Waals surface area contributed by atoms with Gasteiger partial charge in [0.15, 0.2) is 0 Å². The van der Waals surface area contributed by atoms with Crippen molar-refractivity contribution < 1.29 is 9.59 Å². The number of hydrogen-bond acceptors (Lipinski definition) is 3. The number of likely N-dealkylation sites (tertiary alicyclic amines) is 1. The van der Waals surface area contributed by atoms with Gasteiger partial charge in [-0.25, -0.2) is 0 Å². The molecule has 0 spiro atoms. The summed E-state index contributed by atoms with van der Waals surface area (Å²) in [7, 11) is 0. The van der Waals surface area contributed by atoms with Crippen LogP contribution in [0, 0.1) is 5.92 Å². The molecule has 3 rings (SSSR count). The molecule has 0 unspecified atom stereocenters. The second kappa shape index (κ2) is 7.55. The fourth-order valence-corrected chi connectivity index (χ4v) is 4.02. The van der Waals surface area contributed by atoms with Gasteiger partial charge in [-0.05, 0) is 42.5 Å². The Balaban J connectivity index is 1.65. The van der Waals surface area contributed by atoms with E-state index in [1.54, 1.807) is 23.1 Å². The summed E-state index contributed by atoms with van der Waals surface area (Å²) in [5, 5.41) is 5.66. The number of anilines is 1. The molecule has 0 saturated carbocycles. The summed E-state index contributed by atoms with van der Waals surface area (Å²) in [4.78, 5) is 27.4. The molecule has 126 valence electrons. The Morgan fingerprint density at radius 3 is 2.62 bits per heavy atom. The fraction of sp³-hybridized carbons (Fsp3) is 0.294. The first-order chi connectivity index (χ1) is 11.5. The predicted molar refractivity (Wildman–Crippen MR) is 98.0 cm³/mol. The minimum atomic E-state index is -0.236. The van der Waals surface area contributed by atoms with Gasteiger partial charge in [-0.3, -0.25) is 9.59 Å². The van der Waals surface area contributed by atoms with Crippen LogP contribution in [0.4, 0.5) is 5.69 Å². The maximum absolute atomic E-state index is 12.5. The number of rotatable bonds is 3. The lowest BCUT2D eigenvalue weighted by Gasteiger charge is -2.31. The van der Waals surface area contributed by atoms with Gasteiger partial charge in [-0.15, -0.1) is 11.3 Å². The van der Waals surface area contributed by atoms with Crippen molar-refractivity contribution in [1.29, 1.82) is 0 Å². The van der Waals surface area contributed by atoms with Crippen LogP contribution in [0.1, 0.15) is 22.5 Å². The van der Waals surface area contributed by atoms with Crippen LogP contribution < -0.4 is 5.32 Å². The van der Waals surface area contributed by atoms with Crippen LogP contribution >= 0.6 is 34.5 Å². The zero-order valence-electron chi connectivity index (χ0n) is 12.8. The molecule has 1 aliphatic heterocycles. The SMILES string of the molecule is O=C(Nc1cc(Cl)cc(Cl)c1)[C@H]1CCCN(C(=O)c2cccs2)C1. The molecule has 1 N–H and O–H groups in total. The summed E-state index contributed by atoms with van der Waals surface area (Å²) in [6.07, 6.45) is 1.57. The van der Waals surface area contributed by atoms with Crippen LogP contribution in [-0.2, 0) is 4.79 Å². The molecule has 0 aliphatic carbocycles. The maximum Gasteiger partial charge on any atom is 0.263 e. The molecule has 2 aromatic rings. The molecule has 1 aliphatic rings. The van der Waals surface area contributed by atoms with E-state index in [0.29, 0.717) is 33.7 Å². The van der Waals surface area contributed by atoms with Gasteiger partial charge in [0.25, 0.3) is 5.91 Å². The summed E-state index contributed by atoms with van der Waals surface area (Å²) in [5.74, 6) is -0.356. The molecule has 0 radical (unpaired) electrons. The number of hydrogen-bond donors (Lipinski definition) is 1. The molecule has 1 aromatic heterocycles. The summed E-state index contributed by atoms with van der Waals surface area (Å²) >= 11 is 13.3.